The number of ether oxygens (including phenoxy) is 1. The Kier molecular flexibility index (Phi) is 2.78. The molecular formula is C15H20N2O2. The lowest BCUT2D eigenvalue weighted by Gasteiger charge is -2.40. The zero-order chi connectivity index (χ0) is 13.6. The molecule has 0 aliphatic carbocycles. The minimum atomic E-state index is -0.233. The highest BCUT2D eigenvalue weighted by molar-refractivity contribution is 6.02. The summed E-state index contributed by atoms with van der Waals surface area (Å²) in [6.45, 7) is 6.69. The lowest BCUT2D eigenvalue weighted by Crippen LogP contribution is -2.55. The van der Waals surface area contributed by atoms with Gasteiger partial charge in [-0.05, 0) is 30.5 Å². The Morgan fingerprint density at radius 2 is 2.26 bits per heavy atom. The van der Waals surface area contributed by atoms with E-state index in [-0.39, 0.29) is 11.4 Å². The molecule has 2 aliphatic heterocycles. The molecule has 19 heavy (non-hydrogen) atoms. The van der Waals surface area contributed by atoms with Crippen molar-refractivity contribution in [1.29, 1.82) is 0 Å². The van der Waals surface area contributed by atoms with Crippen LogP contribution in [0.2, 0.25) is 0 Å². The SMILES string of the molecule is CCc1cc(OC)c2c(c1)[C@]1(C)CNCCN1C2=O. The Hall–Kier alpha value is -1.55. The van der Waals surface area contributed by atoms with E-state index in [1.807, 2.05) is 11.0 Å². The summed E-state index contributed by atoms with van der Waals surface area (Å²) in [5, 5.41) is 3.40. The fourth-order valence-electron chi connectivity index (χ4n) is 3.25. The second-order valence-electron chi connectivity index (χ2n) is 5.48. The maximum atomic E-state index is 12.6. The van der Waals surface area contributed by atoms with Gasteiger partial charge in [0.25, 0.3) is 5.91 Å². The number of carbonyl (C=O) groups is 1. The van der Waals surface area contributed by atoms with Crippen molar-refractivity contribution in [2.75, 3.05) is 26.7 Å². The normalized spacial score (nSPS) is 25.2. The molecule has 0 bridgehead atoms. The van der Waals surface area contributed by atoms with E-state index < -0.39 is 0 Å². The second-order valence-corrected chi connectivity index (χ2v) is 5.48. The van der Waals surface area contributed by atoms with E-state index in [2.05, 4.69) is 25.2 Å². The topological polar surface area (TPSA) is 41.6 Å². The third kappa shape index (κ3) is 1.59. The van der Waals surface area contributed by atoms with Crippen LogP contribution < -0.4 is 10.1 Å². The average Bonchev–Trinajstić information content (AvgIpc) is 2.67. The van der Waals surface area contributed by atoms with Crippen LogP contribution in [0.5, 0.6) is 5.75 Å². The first-order valence-electron chi connectivity index (χ1n) is 6.86. The zero-order valence-electron chi connectivity index (χ0n) is 11.7. The minimum absolute atomic E-state index is 0.110. The van der Waals surface area contributed by atoms with Crippen LogP contribution >= 0.6 is 0 Å². The average molecular weight is 260 g/mol. The number of hydrogen-bond donors (Lipinski definition) is 1. The van der Waals surface area contributed by atoms with Gasteiger partial charge in [0.05, 0.1) is 18.2 Å². The van der Waals surface area contributed by atoms with Gasteiger partial charge in [0.1, 0.15) is 5.75 Å². The van der Waals surface area contributed by atoms with Crippen LogP contribution in [0.3, 0.4) is 0 Å². The van der Waals surface area contributed by atoms with Crippen LogP contribution in [0.4, 0.5) is 0 Å². The van der Waals surface area contributed by atoms with Crippen LogP contribution in [0.15, 0.2) is 12.1 Å². The first-order valence-corrected chi connectivity index (χ1v) is 6.86. The van der Waals surface area contributed by atoms with Crippen molar-refractivity contribution in [3.63, 3.8) is 0 Å². The van der Waals surface area contributed by atoms with E-state index in [1.165, 1.54) is 5.56 Å². The van der Waals surface area contributed by atoms with Gasteiger partial charge in [-0.2, -0.15) is 0 Å². The number of nitrogens with one attached hydrogen (secondary N) is 1. The first-order chi connectivity index (χ1) is 9.11. The molecule has 102 valence electrons. The molecule has 1 fully saturated rings. The van der Waals surface area contributed by atoms with Crippen molar-refractivity contribution in [3.05, 3.63) is 28.8 Å². The highest BCUT2D eigenvalue weighted by atomic mass is 16.5. The maximum absolute atomic E-state index is 12.6. The predicted octanol–water partition coefficient (Wildman–Crippen LogP) is 1.53. The summed E-state index contributed by atoms with van der Waals surface area (Å²) in [6.07, 6.45) is 0.946. The van der Waals surface area contributed by atoms with E-state index in [0.717, 1.165) is 42.9 Å². The molecule has 0 radical (unpaired) electrons. The van der Waals surface area contributed by atoms with Crippen molar-refractivity contribution in [2.45, 2.75) is 25.8 Å². The molecule has 1 atom stereocenters. The van der Waals surface area contributed by atoms with Gasteiger partial charge in [-0.1, -0.05) is 13.0 Å². The molecule has 0 spiro atoms. The molecule has 0 aromatic heterocycles. The molecule has 4 nitrogen and oxygen atoms in total. The van der Waals surface area contributed by atoms with Gasteiger partial charge in [0.15, 0.2) is 0 Å². The summed E-state index contributed by atoms with van der Waals surface area (Å²) in [5.74, 6) is 0.827. The molecule has 1 aromatic carbocycles. The smallest absolute Gasteiger partial charge is 0.258 e. The number of aryl methyl sites for hydroxylation is 1. The summed E-state index contributed by atoms with van der Waals surface area (Å²) in [5.41, 5.74) is 2.85. The van der Waals surface area contributed by atoms with Gasteiger partial charge in [-0.25, -0.2) is 0 Å². The summed E-state index contributed by atoms with van der Waals surface area (Å²) < 4.78 is 5.45. The summed E-state index contributed by atoms with van der Waals surface area (Å²) >= 11 is 0. The van der Waals surface area contributed by atoms with Gasteiger partial charge in [-0.3, -0.25) is 4.79 Å². The van der Waals surface area contributed by atoms with Crippen LogP contribution in [0, 0.1) is 0 Å². The third-order valence-corrected chi connectivity index (χ3v) is 4.41. The minimum Gasteiger partial charge on any atom is -0.496 e. The standard InChI is InChI=1S/C15H20N2O2/c1-4-10-7-11-13(12(8-10)19-3)14(18)17-6-5-16-9-15(11,17)2/h7-8,16H,4-6,9H2,1-3H3/t15-/m0/s1. The third-order valence-electron chi connectivity index (χ3n) is 4.41. The molecule has 0 unspecified atom stereocenters. The molecule has 1 saturated heterocycles. The van der Waals surface area contributed by atoms with E-state index in [4.69, 9.17) is 4.74 Å². The highest BCUT2D eigenvalue weighted by Crippen LogP contribution is 2.44. The zero-order valence-corrected chi connectivity index (χ0v) is 11.7. The molecular weight excluding hydrogens is 240 g/mol. The lowest BCUT2D eigenvalue weighted by molar-refractivity contribution is 0.0509. The molecule has 3 rings (SSSR count). The van der Waals surface area contributed by atoms with Crippen LogP contribution in [0.1, 0.15) is 35.3 Å². The van der Waals surface area contributed by atoms with Gasteiger partial charge in [-0.15, -0.1) is 0 Å². The Morgan fingerprint density at radius 3 is 2.95 bits per heavy atom. The fourth-order valence-corrected chi connectivity index (χ4v) is 3.25. The quantitative estimate of drug-likeness (QED) is 0.877. The number of rotatable bonds is 2. The molecule has 1 amide bonds. The van der Waals surface area contributed by atoms with Crippen LogP contribution in [-0.2, 0) is 12.0 Å². The van der Waals surface area contributed by atoms with Crippen LogP contribution in [0.25, 0.3) is 0 Å². The van der Waals surface area contributed by atoms with E-state index >= 15 is 0 Å². The Morgan fingerprint density at radius 1 is 1.47 bits per heavy atom. The van der Waals surface area contributed by atoms with E-state index in [0.29, 0.717) is 0 Å². The van der Waals surface area contributed by atoms with Crippen LogP contribution in [-0.4, -0.2) is 37.6 Å². The Labute approximate surface area is 113 Å². The maximum Gasteiger partial charge on any atom is 0.258 e. The Balaban J connectivity index is 2.23. The molecule has 2 heterocycles. The van der Waals surface area contributed by atoms with Crippen molar-refractivity contribution in [2.24, 2.45) is 0 Å². The number of piperazine rings is 1. The van der Waals surface area contributed by atoms with Crippen molar-refractivity contribution >= 4 is 5.91 Å². The van der Waals surface area contributed by atoms with Crippen molar-refractivity contribution in [3.8, 4) is 5.75 Å². The summed E-state index contributed by atoms with van der Waals surface area (Å²) in [6, 6.07) is 4.16. The Bertz CT molecular complexity index is 541. The number of nitrogens with zero attached hydrogens (tertiary/aromatic N) is 1. The molecule has 0 saturated carbocycles. The number of hydrogen-bond acceptors (Lipinski definition) is 3. The van der Waals surface area contributed by atoms with E-state index in [9.17, 15) is 4.79 Å². The molecule has 2 aliphatic rings. The van der Waals surface area contributed by atoms with E-state index in [1.54, 1.807) is 7.11 Å². The fraction of sp³-hybridized carbons (Fsp3) is 0.533. The van der Waals surface area contributed by atoms with Gasteiger partial charge in [0, 0.05) is 19.6 Å². The molecule has 1 aromatic rings. The second kappa shape index (κ2) is 4.23. The largest absolute Gasteiger partial charge is 0.496 e. The summed E-state index contributed by atoms with van der Waals surface area (Å²) in [4.78, 5) is 14.6. The predicted molar refractivity (Wildman–Crippen MR) is 73.6 cm³/mol. The first kappa shape index (κ1) is 12.5. The summed E-state index contributed by atoms with van der Waals surface area (Å²) in [7, 11) is 1.64. The molecule has 1 N–H and O–H groups in total. The number of benzene rings is 1. The van der Waals surface area contributed by atoms with Crippen molar-refractivity contribution in [1.82, 2.24) is 10.2 Å². The monoisotopic (exact) mass is 260 g/mol. The number of fused-ring (bicyclic) bond motifs is 3. The van der Waals surface area contributed by atoms with Crippen molar-refractivity contribution < 1.29 is 9.53 Å². The van der Waals surface area contributed by atoms with Gasteiger partial charge in [0.2, 0.25) is 0 Å². The van der Waals surface area contributed by atoms with Gasteiger partial charge < -0.3 is 15.0 Å². The number of amides is 1. The highest BCUT2D eigenvalue weighted by Gasteiger charge is 2.49. The number of methoxy groups -OCH3 is 1. The molecule has 4 heteroatoms. The lowest BCUT2D eigenvalue weighted by atomic mass is 9.88. The number of carbonyl (C=O) groups excluding carboxylic acids is 1. The van der Waals surface area contributed by atoms with Gasteiger partial charge >= 0.3 is 0 Å².